The number of nitrogens with zero attached hydrogens (tertiary/aromatic N) is 6. The second-order valence-electron chi connectivity index (χ2n) is 6.04. The van der Waals surface area contributed by atoms with Crippen LogP contribution in [-0.4, -0.2) is 48.9 Å². The molecular weight excluding hydrogens is 304 g/mol. The number of carbonyl (C=O) groups excluding carboxylic acids is 1. The topological polar surface area (TPSA) is 76.8 Å². The molecule has 1 aliphatic rings. The summed E-state index contributed by atoms with van der Waals surface area (Å²) in [6.07, 6.45) is 7.19. The van der Waals surface area contributed by atoms with Crippen molar-refractivity contribution in [2.45, 2.75) is 25.3 Å². The average Bonchev–Trinajstić information content (AvgIpc) is 3.06. The zero-order valence-corrected chi connectivity index (χ0v) is 13.2. The van der Waals surface area contributed by atoms with Crippen LogP contribution in [0.3, 0.4) is 0 Å². The Balaban J connectivity index is 1.48. The SMILES string of the molecule is O=C(Cn1nnc2ccccc21)N1CCCC(c2cnccn2)C1. The fourth-order valence-corrected chi connectivity index (χ4v) is 3.23. The van der Waals surface area contributed by atoms with Gasteiger partial charge < -0.3 is 4.90 Å². The molecule has 7 heteroatoms. The van der Waals surface area contributed by atoms with Crippen LogP contribution in [0.1, 0.15) is 24.5 Å². The van der Waals surface area contributed by atoms with Gasteiger partial charge in [0.2, 0.25) is 5.91 Å². The Bertz CT molecular complexity index is 846. The van der Waals surface area contributed by atoms with Gasteiger partial charge in [-0.1, -0.05) is 17.3 Å². The molecule has 3 aromatic rings. The summed E-state index contributed by atoms with van der Waals surface area (Å²) < 4.78 is 1.67. The molecule has 122 valence electrons. The van der Waals surface area contributed by atoms with Gasteiger partial charge in [-0.3, -0.25) is 14.8 Å². The fraction of sp³-hybridized carbons (Fsp3) is 0.353. The maximum Gasteiger partial charge on any atom is 0.244 e. The van der Waals surface area contributed by atoms with Gasteiger partial charge in [-0.2, -0.15) is 0 Å². The molecule has 0 bridgehead atoms. The molecule has 0 saturated carbocycles. The lowest BCUT2D eigenvalue weighted by Gasteiger charge is -2.32. The highest BCUT2D eigenvalue weighted by molar-refractivity contribution is 5.80. The van der Waals surface area contributed by atoms with Gasteiger partial charge in [-0.15, -0.1) is 5.10 Å². The van der Waals surface area contributed by atoms with E-state index in [-0.39, 0.29) is 18.4 Å². The predicted octanol–water partition coefficient (Wildman–Crippen LogP) is 1.63. The van der Waals surface area contributed by atoms with Crippen LogP contribution in [-0.2, 0) is 11.3 Å². The van der Waals surface area contributed by atoms with Gasteiger partial charge in [0.1, 0.15) is 12.1 Å². The van der Waals surface area contributed by atoms with Crippen molar-refractivity contribution >= 4 is 16.9 Å². The standard InChI is InChI=1S/C17H18N6O/c24-17(12-23-16-6-2-1-5-14(16)20-21-23)22-9-3-4-13(11-22)15-10-18-7-8-19-15/h1-2,5-8,10,13H,3-4,9,11-12H2. The molecule has 24 heavy (non-hydrogen) atoms. The lowest BCUT2D eigenvalue weighted by molar-refractivity contribution is -0.133. The van der Waals surface area contributed by atoms with E-state index >= 15 is 0 Å². The quantitative estimate of drug-likeness (QED) is 0.732. The van der Waals surface area contributed by atoms with Gasteiger partial charge in [0, 0.05) is 37.6 Å². The third kappa shape index (κ3) is 2.84. The molecule has 0 radical (unpaired) electrons. The summed E-state index contributed by atoms with van der Waals surface area (Å²) in [5.74, 6) is 0.322. The van der Waals surface area contributed by atoms with E-state index in [0.717, 1.165) is 36.1 Å². The van der Waals surface area contributed by atoms with Crippen molar-refractivity contribution in [1.29, 1.82) is 0 Å². The molecule has 0 N–H and O–H groups in total. The van der Waals surface area contributed by atoms with Gasteiger partial charge >= 0.3 is 0 Å². The van der Waals surface area contributed by atoms with Crippen molar-refractivity contribution in [1.82, 2.24) is 29.9 Å². The first-order valence-corrected chi connectivity index (χ1v) is 8.13. The highest BCUT2D eigenvalue weighted by Gasteiger charge is 2.26. The summed E-state index contributed by atoms with van der Waals surface area (Å²) in [6, 6.07) is 7.67. The molecule has 0 spiro atoms. The second-order valence-corrected chi connectivity index (χ2v) is 6.04. The highest BCUT2D eigenvalue weighted by Crippen LogP contribution is 2.25. The van der Waals surface area contributed by atoms with E-state index in [1.807, 2.05) is 29.2 Å². The Labute approximate surface area is 139 Å². The molecule has 1 unspecified atom stereocenters. The van der Waals surface area contributed by atoms with Crippen molar-refractivity contribution in [2.75, 3.05) is 13.1 Å². The zero-order chi connectivity index (χ0) is 16.4. The molecule has 1 amide bonds. The van der Waals surface area contributed by atoms with Gasteiger partial charge in [0.25, 0.3) is 0 Å². The molecule has 4 rings (SSSR count). The summed E-state index contributed by atoms with van der Waals surface area (Å²) in [5.41, 5.74) is 2.65. The van der Waals surface area contributed by atoms with Gasteiger partial charge in [0.05, 0.1) is 11.2 Å². The zero-order valence-electron chi connectivity index (χ0n) is 13.2. The van der Waals surface area contributed by atoms with Crippen LogP contribution >= 0.6 is 0 Å². The Morgan fingerprint density at radius 2 is 2.17 bits per heavy atom. The van der Waals surface area contributed by atoms with E-state index < -0.39 is 0 Å². The van der Waals surface area contributed by atoms with Crippen molar-refractivity contribution in [3.05, 3.63) is 48.5 Å². The minimum Gasteiger partial charge on any atom is -0.340 e. The third-order valence-electron chi connectivity index (χ3n) is 4.48. The number of fused-ring (bicyclic) bond motifs is 1. The van der Waals surface area contributed by atoms with E-state index in [1.54, 1.807) is 23.3 Å². The number of hydrogen-bond donors (Lipinski definition) is 0. The van der Waals surface area contributed by atoms with Gasteiger partial charge in [-0.25, -0.2) is 4.68 Å². The predicted molar refractivity (Wildman–Crippen MR) is 88.1 cm³/mol. The van der Waals surface area contributed by atoms with E-state index in [9.17, 15) is 4.79 Å². The largest absolute Gasteiger partial charge is 0.340 e. The number of aromatic nitrogens is 5. The summed E-state index contributed by atoms with van der Waals surface area (Å²) in [7, 11) is 0. The van der Waals surface area contributed by atoms with E-state index in [0.29, 0.717) is 6.54 Å². The van der Waals surface area contributed by atoms with Crippen molar-refractivity contribution in [3.63, 3.8) is 0 Å². The summed E-state index contributed by atoms with van der Waals surface area (Å²) in [6.45, 7) is 1.68. The number of benzene rings is 1. The smallest absolute Gasteiger partial charge is 0.244 e. The Hall–Kier alpha value is -2.83. The minimum atomic E-state index is 0.0687. The molecule has 1 saturated heterocycles. The third-order valence-corrected chi connectivity index (χ3v) is 4.48. The lowest BCUT2D eigenvalue weighted by atomic mass is 9.95. The number of rotatable bonds is 3. The summed E-state index contributed by atoms with van der Waals surface area (Å²) in [4.78, 5) is 23.1. The first-order valence-electron chi connectivity index (χ1n) is 8.13. The summed E-state index contributed by atoms with van der Waals surface area (Å²) >= 11 is 0. The van der Waals surface area contributed by atoms with E-state index in [4.69, 9.17) is 0 Å². The molecule has 3 heterocycles. The van der Waals surface area contributed by atoms with Crippen LogP contribution in [0.2, 0.25) is 0 Å². The molecule has 0 aliphatic carbocycles. The van der Waals surface area contributed by atoms with Crippen LogP contribution in [0.25, 0.3) is 11.0 Å². The Kier molecular flexibility index (Phi) is 3.90. The van der Waals surface area contributed by atoms with Crippen LogP contribution in [0.15, 0.2) is 42.9 Å². The Morgan fingerprint density at radius 1 is 1.25 bits per heavy atom. The first-order chi connectivity index (χ1) is 11.8. The van der Waals surface area contributed by atoms with Crippen LogP contribution in [0, 0.1) is 0 Å². The highest BCUT2D eigenvalue weighted by atomic mass is 16.2. The molecule has 2 aromatic heterocycles. The first kappa shape index (κ1) is 14.7. The number of para-hydroxylation sites is 1. The van der Waals surface area contributed by atoms with E-state index in [2.05, 4.69) is 20.3 Å². The Morgan fingerprint density at radius 3 is 3.04 bits per heavy atom. The second kappa shape index (κ2) is 6.35. The maximum absolute atomic E-state index is 12.7. The van der Waals surface area contributed by atoms with Gasteiger partial charge in [0.15, 0.2) is 0 Å². The molecule has 1 fully saturated rings. The molecule has 7 nitrogen and oxygen atoms in total. The van der Waals surface area contributed by atoms with Crippen molar-refractivity contribution in [3.8, 4) is 0 Å². The number of carbonyl (C=O) groups is 1. The number of likely N-dealkylation sites (tertiary alicyclic amines) is 1. The van der Waals surface area contributed by atoms with Crippen molar-refractivity contribution in [2.24, 2.45) is 0 Å². The minimum absolute atomic E-state index is 0.0687. The lowest BCUT2D eigenvalue weighted by Crippen LogP contribution is -2.41. The normalized spacial score (nSPS) is 18.0. The molecule has 1 aliphatic heterocycles. The van der Waals surface area contributed by atoms with Crippen molar-refractivity contribution < 1.29 is 4.79 Å². The molecule has 1 aromatic carbocycles. The number of piperidine rings is 1. The van der Waals surface area contributed by atoms with Crippen LogP contribution in [0.5, 0.6) is 0 Å². The van der Waals surface area contributed by atoms with Gasteiger partial charge in [-0.05, 0) is 25.0 Å². The average molecular weight is 322 g/mol. The summed E-state index contributed by atoms with van der Waals surface area (Å²) in [5, 5.41) is 8.21. The monoisotopic (exact) mass is 322 g/mol. The van der Waals surface area contributed by atoms with E-state index in [1.165, 1.54) is 0 Å². The van der Waals surface area contributed by atoms with Crippen LogP contribution < -0.4 is 0 Å². The molecule has 1 atom stereocenters. The van der Waals surface area contributed by atoms with Crippen LogP contribution in [0.4, 0.5) is 0 Å². The molecular formula is C17H18N6O. The number of amides is 1. The fourth-order valence-electron chi connectivity index (χ4n) is 3.23. The maximum atomic E-state index is 12.7. The number of hydrogen-bond acceptors (Lipinski definition) is 5.